The summed E-state index contributed by atoms with van der Waals surface area (Å²) in [5.41, 5.74) is 0. The Hall–Kier alpha value is -1.29. The monoisotopic (exact) mass is 265 g/mol. The third-order valence-electron chi connectivity index (χ3n) is 4.02. The van der Waals surface area contributed by atoms with Crippen LogP contribution in [0.5, 0.6) is 0 Å². The highest BCUT2D eigenvalue weighted by molar-refractivity contribution is 5.86. The Bertz CT molecular complexity index is 427. The van der Waals surface area contributed by atoms with Crippen LogP contribution in [0.3, 0.4) is 0 Å². The lowest BCUT2D eigenvalue weighted by Crippen LogP contribution is -2.38. The van der Waals surface area contributed by atoms with E-state index in [2.05, 4.69) is 23.9 Å². The van der Waals surface area contributed by atoms with E-state index in [-0.39, 0.29) is 5.76 Å². The molecule has 1 heterocycles. The maximum absolute atomic E-state index is 11.3. The molecule has 0 aliphatic heterocycles. The van der Waals surface area contributed by atoms with E-state index >= 15 is 0 Å². The summed E-state index contributed by atoms with van der Waals surface area (Å²) >= 11 is 0. The number of esters is 1. The van der Waals surface area contributed by atoms with Gasteiger partial charge in [0.1, 0.15) is 5.76 Å². The van der Waals surface area contributed by atoms with Crippen molar-refractivity contribution in [1.82, 2.24) is 5.32 Å². The SMILES string of the molecule is COC(=O)c1ccc(CNC2CCC(C)CC2C)o1. The van der Waals surface area contributed by atoms with Crippen molar-refractivity contribution >= 4 is 5.97 Å². The van der Waals surface area contributed by atoms with Crippen molar-refractivity contribution < 1.29 is 13.9 Å². The fourth-order valence-electron chi connectivity index (χ4n) is 2.88. The van der Waals surface area contributed by atoms with Crippen molar-refractivity contribution in [3.8, 4) is 0 Å². The average Bonchev–Trinajstić information content (AvgIpc) is 2.85. The molecule has 0 amide bonds. The van der Waals surface area contributed by atoms with Gasteiger partial charge < -0.3 is 14.5 Å². The molecule has 106 valence electrons. The summed E-state index contributed by atoms with van der Waals surface area (Å²) in [6.07, 6.45) is 3.78. The second-order valence-corrected chi connectivity index (χ2v) is 5.64. The zero-order valence-electron chi connectivity index (χ0n) is 11.9. The Morgan fingerprint density at radius 3 is 2.89 bits per heavy atom. The highest BCUT2D eigenvalue weighted by Crippen LogP contribution is 2.28. The first-order valence-electron chi connectivity index (χ1n) is 7.00. The lowest BCUT2D eigenvalue weighted by molar-refractivity contribution is 0.0562. The van der Waals surface area contributed by atoms with E-state index in [0.717, 1.165) is 11.7 Å². The second kappa shape index (κ2) is 6.24. The van der Waals surface area contributed by atoms with Gasteiger partial charge in [-0.25, -0.2) is 4.79 Å². The molecular formula is C15H23NO3. The van der Waals surface area contributed by atoms with E-state index in [1.165, 1.54) is 26.4 Å². The number of rotatable bonds is 4. The Morgan fingerprint density at radius 2 is 2.21 bits per heavy atom. The lowest BCUT2D eigenvalue weighted by atomic mass is 9.80. The topological polar surface area (TPSA) is 51.5 Å². The average molecular weight is 265 g/mol. The summed E-state index contributed by atoms with van der Waals surface area (Å²) in [7, 11) is 1.35. The van der Waals surface area contributed by atoms with Crippen molar-refractivity contribution in [3.63, 3.8) is 0 Å². The van der Waals surface area contributed by atoms with Gasteiger partial charge in [0.15, 0.2) is 0 Å². The van der Waals surface area contributed by atoms with Crippen molar-refractivity contribution in [2.45, 2.75) is 45.7 Å². The number of ether oxygens (including phenoxy) is 1. The number of hydrogen-bond acceptors (Lipinski definition) is 4. The van der Waals surface area contributed by atoms with Gasteiger partial charge in [0.05, 0.1) is 13.7 Å². The third kappa shape index (κ3) is 3.60. The summed E-state index contributed by atoms with van der Waals surface area (Å²) in [6.45, 7) is 5.29. The fourth-order valence-corrected chi connectivity index (χ4v) is 2.88. The molecule has 0 radical (unpaired) electrons. The van der Waals surface area contributed by atoms with Crippen molar-refractivity contribution in [3.05, 3.63) is 23.7 Å². The van der Waals surface area contributed by atoms with E-state index < -0.39 is 5.97 Å². The van der Waals surface area contributed by atoms with Gasteiger partial charge >= 0.3 is 5.97 Å². The number of carbonyl (C=O) groups is 1. The van der Waals surface area contributed by atoms with Crippen LogP contribution in [-0.2, 0) is 11.3 Å². The molecule has 3 unspecified atom stereocenters. The zero-order chi connectivity index (χ0) is 13.8. The molecule has 1 saturated carbocycles. The Labute approximate surface area is 114 Å². The number of methoxy groups -OCH3 is 1. The Balaban J connectivity index is 1.85. The predicted octanol–water partition coefficient (Wildman–Crippen LogP) is 2.98. The fraction of sp³-hybridized carbons (Fsp3) is 0.667. The minimum atomic E-state index is -0.425. The van der Waals surface area contributed by atoms with Gasteiger partial charge in [0, 0.05) is 6.04 Å². The Morgan fingerprint density at radius 1 is 1.42 bits per heavy atom. The van der Waals surface area contributed by atoms with Crippen LogP contribution in [0.15, 0.2) is 16.5 Å². The maximum Gasteiger partial charge on any atom is 0.373 e. The molecule has 2 rings (SSSR count). The normalized spacial score (nSPS) is 27.2. The summed E-state index contributed by atoms with van der Waals surface area (Å²) in [5.74, 6) is 2.16. The van der Waals surface area contributed by atoms with Crippen molar-refractivity contribution in [2.24, 2.45) is 11.8 Å². The van der Waals surface area contributed by atoms with Gasteiger partial charge in [0.2, 0.25) is 5.76 Å². The molecule has 0 spiro atoms. The highest BCUT2D eigenvalue weighted by Gasteiger charge is 2.25. The number of nitrogens with one attached hydrogen (secondary N) is 1. The molecule has 1 aliphatic rings. The summed E-state index contributed by atoms with van der Waals surface area (Å²) in [5, 5.41) is 3.53. The molecule has 1 fully saturated rings. The molecule has 0 saturated heterocycles. The van der Waals surface area contributed by atoms with E-state index in [4.69, 9.17) is 4.42 Å². The molecule has 1 aliphatic carbocycles. The zero-order valence-corrected chi connectivity index (χ0v) is 11.9. The largest absolute Gasteiger partial charge is 0.463 e. The molecule has 1 aromatic heterocycles. The molecule has 3 atom stereocenters. The molecule has 1 N–H and O–H groups in total. The quantitative estimate of drug-likeness (QED) is 0.850. The van der Waals surface area contributed by atoms with Crippen LogP contribution in [0.1, 0.15) is 49.4 Å². The predicted molar refractivity (Wildman–Crippen MR) is 72.9 cm³/mol. The van der Waals surface area contributed by atoms with E-state index in [9.17, 15) is 4.79 Å². The number of carbonyl (C=O) groups excluding carboxylic acids is 1. The van der Waals surface area contributed by atoms with Crippen LogP contribution in [-0.4, -0.2) is 19.1 Å². The molecule has 1 aromatic rings. The third-order valence-corrected chi connectivity index (χ3v) is 4.02. The number of furan rings is 1. The molecular weight excluding hydrogens is 242 g/mol. The van der Waals surface area contributed by atoms with E-state index in [1.807, 2.05) is 6.07 Å². The summed E-state index contributed by atoms with van der Waals surface area (Å²) in [4.78, 5) is 11.3. The molecule has 19 heavy (non-hydrogen) atoms. The van der Waals surface area contributed by atoms with Crippen LogP contribution in [0, 0.1) is 11.8 Å². The number of hydrogen-bond donors (Lipinski definition) is 1. The van der Waals surface area contributed by atoms with Gasteiger partial charge in [-0.3, -0.25) is 0 Å². The first-order chi connectivity index (χ1) is 9.10. The first kappa shape index (κ1) is 14.1. The summed E-state index contributed by atoms with van der Waals surface area (Å²) in [6, 6.07) is 4.03. The molecule has 0 bridgehead atoms. The van der Waals surface area contributed by atoms with Gasteiger partial charge in [-0.1, -0.05) is 13.8 Å². The van der Waals surface area contributed by atoms with E-state index in [0.29, 0.717) is 18.5 Å². The van der Waals surface area contributed by atoms with Gasteiger partial charge in [-0.15, -0.1) is 0 Å². The Kier molecular flexibility index (Phi) is 4.64. The van der Waals surface area contributed by atoms with Crippen molar-refractivity contribution in [1.29, 1.82) is 0 Å². The van der Waals surface area contributed by atoms with Crippen LogP contribution in [0.2, 0.25) is 0 Å². The van der Waals surface area contributed by atoms with Gasteiger partial charge in [-0.2, -0.15) is 0 Å². The molecule has 0 aromatic carbocycles. The van der Waals surface area contributed by atoms with Crippen LogP contribution < -0.4 is 5.32 Å². The van der Waals surface area contributed by atoms with Crippen molar-refractivity contribution in [2.75, 3.05) is 7.11 Å². The lowest BCUT2D eigenvalue weighted by Gasteiger charge is -2.33. The van der Waals surface area contributed by atoms with Crippen LogP contribution >= 0.6 is 0 Å². The molecule has 4 nitrogen and oxygen atoms in total. The minimum absolute atomic E-state index is 0.268. The highest BCUT2D eigenvalue weighted by atomic mass is 16.5. The standard InChI is InChI=1S/C15H23NO3/c1-10-4-6-13(11(2)8-10)16-9-12-5-7-14(19-12)15(17)18-3/h5,7,10-11,13,16H,4,6,8-9H2,1-3H3. The van der Waals surface area contributed by atoms with Gasteiger partial charge in [0.25, 0.3) is 0 Å². The van der Waals surface area contributed by atoms with Crippen LogP contribution in [0.4, 0.5) is 0 Å². The van der Waals surface area contributed by atoms with E-state index in [1.54, 1.807) is 6.07 Å². The van der Waals surface area contributed by atoms with Gasteiger partial charge in [-0.05, 0) is 43.2 Å². The second-order valence-electron chi connectivity index (χ2n) is 5.64. The molecule has 4 heteroatoms. The maximum atomic E-state index is 11.3. The smallest absolute Gasteiger partial charge is 0.373 e. The summed E-state index contributed by atoms with van der Waals surface area (Å²) < 4.78 is 10.1. The van der Waals surface area contributed by atoms with Crippen LogP contribution in [0.25, 0.3) is 0 Å². The first-order valence-corrected chi connectivity index (χ1v) is 7.00. The minimum Gasteiger partial charge on any atom is -0.463 e.